The van der Waals surface area contributed by atoms with Crippen LogP contribution in [-0.4, -0.2) is 0 Å². The second-order valence-corrected chi connectivity index (χ2v) is 34.5. The first kappa shape index (κ1) is 75.6. The van der Waals surface area contributed by atoms with E-state index in [-0.39, 0.29) is 0 Å². The van der Waals surface area contributed by atoms with Gasteiger partial charge in [0.1, 0.15) is 0 Å². The lowest BCUT2D eigenvalue weighted by Crippen LogP contribution is -1.92. The van der Waals surface area contributed by atoms with Gasteiger partial charge in [-0.1, -0.05) is 473 Å². The minimum atomic E-state index is 1.23. The average molecular weight is 1640 g/mol. The van der Waals surface area contributed by atoms with E-state index in [9.17, 15) is 0 Å². The van der Waals surface area contributed by atoms with Crippen molar-refractivity contribution < 1.29 is 0 Å². The molecule has 0 aliphatic carbocycles. The molecule has 602 valence electrons. The summed E-state index contributed by atoms with van der Waals surface area (Å²) in [7, 11) is 0. The number of benzene rings is 27. The van der Waals surface area contributed by atoms with Gasteiger partial charge in [0.2, 0.25) is 0 Å². The first-order chi connectivity index (χ1) is 64.6. The third kappa shape index (κ3) is 12.6. The molecule has 0 spiro atoms. The maximum atomic E-state index is 2.43. The van der Waals surface area contributed by atoms with Gasteiger partial charge in [0, 0.05) is 0 Å². The monoisotopic (exact) mass is 1640 g/mol. The summed E-state index contributed by atoms with van der Waals surface area (Å²) in [6.07, 6.45) is 0. The van der Waals surface area contributed by atoms with Crippen molar-refractivity contribution in [2.45, 2.75) is 0 Å². The predicted molar refractivity (Wildman–Crippen MR) is 562 cm³/mol. The van der Waals surface area contributed by atoms with Crippen LogP contribution >= 0.6 is 0 Å². The summed E-state index contributed by atoms with van der Waals surface area (Å²) in [4.78, 5) is 0. The number of hydrogen-bond acceptors (Lipinski definition) is 0. The molecule has 0 fully saturated rings. The van der Waals surface area contributed by atoms with Gasteiger partial charge in [0.25, 0.3) is 0 Å². The highest BCUT2D eigenvalue weighted by molar-refractivity contribution is 6.34. The predicted octanol–water partition coefficient (Wildman–Crippen LogP) is 36.8. The number of rotatable bonds is 9. The molecule has 0 nitrogen and oxygen atoms in total. The highest BCUT2D eigenvalue weighted by Crippen LogP contribution is 2.52. The third-order valence-corrected chi connectivity index (χ3v) is 27.4. The van der Waals surface area contributed by atoms with E-state index in [1.165, 1.54) is 262 Å². The molecule has 27 aromatic carbocycles. The van der Waals surface area contributed by atoms with Crippen molar-refractivity contribution in [3.05, 3.63) is 497 Å². The molecule has 0 aliphatic heterocycles. The molecule has 0 saturated carbocycles. The van der Waals surface area contributed by atoms with E-state index in [2.05, 4.69) is 497 Å². The van der Waals surface area contributed by atoms with E-state index in [4.69, 9.17) is 0 Å². The molecular weight excluding hydrogens is 1560 g/mol. The van der Waals surface area contributed by atoms with Gasteiger partial charge in [0.15, 0.2) is 0 Å². The molecule has 0 atom stereocenters. The Morgan fingerprint density at radius 2 is 0.369 bits per heavy atom. The van der Waals surface area contributed by atoms with Gasteiger partial charge in [-0.3, -0.25) is 0 Å². The highest BCUT2D eigenvalue weighted by Gasteiger charge is 2.25. The van der Waals surface area contributed by atoms with Crippen LogP contribution in [0.5, 0.6) is 0 Å². The van der Waals surface area contributed by atoms with Crippen LogP contribution in [0.15, 0.2) is 497 Å². The lowest BCUT2D eigenvalue weighted by atomic mass is 9.83. The average Bonchev–Trinajstić information content (AvgIpc) is 0.725. The van der Waals surface area contributed by atoms with Gasteiger partial charge in [0.05, 0.1) is 0 Å². The second-order valence-electron chi connectivity index (χ2n) is 34.5. The first-order valence-electron chi connectivity index (χ1n) is 45.2. The zero-order valence-corrected chi connectivity index (χ0v) is 71.3. The molecule has 130 heavy (non-hydrogen) atoms. The van der Waals surface area contributed by atoms with Crippen molar-refractivity contribution in [3.8, 4) is 100 Å². The van der Waals surface area contributed by atoms with Crippen LogP contribution in [0.4, 0.5) is 0 Å². The fourth-order valence-electron chi connectivity index (χ4n) is 21.8. The molecule has 0 N–H and O–H groups in total. The quantitative estimate of drug-likeness (QED) is 0.0998. The lowest BCUT2D eigenvalue weighted by Gasteiger charge is -2.19. The molecule has 0 heteroatoms. The van der Waals surface area contributed by atoms with Gasteiger partial charge < -0.3 is 0 Å². The molecule has 0 saturated heterocycles. The molecule has 27 rings (SSSR count). The van der Waals surface area contributed by atoms with Crippen molar-refractivity contribution >= 4 is 162 Å². The van der Waals surface area contributed by atoms with Gasteiger partial charge in [-0.2, -0.15) is 0 Å². The summed E-state index contributed by atoms with van der Waals surface area (Å²) in [6.45, 7) is 0. The van der Waals surface area contributed by atoms with Crippen LogP contribution in [0.1, 0.15) is 0 Å². The Labute approximate surface area is 753 Å². The van der Waals surface area contributed by atoms with E-state index >= 15 is 0 Å². The summed E-state index contributed by atoms with van der Waals surface area (Å²) in [5.74, 6) is 0. The Morgan fingerprint density at radius 3 is 0.823 bits per heavy atom. The first-order valence-corrected chi connectivity index (χ1v) is 45.2. The van der Waals surface area contributed by atoms with Crippen LogP contribution in [0.25, 0.3) is 262 Å². The fourth-order valence-corrected chi connectivity index (χ4v) is 21.8. The smallest absolute Gasteiger partial charge is 0.00199 e. The molecule has 0 unspecified atom stereocenters. The molecule has 0 radical (unpaired) electrons. The Hall–Kier alpha value is -16.9. The third-order valence-electron chi connectivity index (χ3n) is 27.4. The molecule has 27 aromatic rings. The van der Waals surface area contributed by atoms with Crippen molar-refractivity contribution in [2.75, 3.05) is 0 Å². The van der Waals surface area contributed by atoms with E-state index in [0.29, 0.717) is 0 Å². The zero-order chi connectivity index (χ0) is 85.7. The Balaban J connectivity index is 0.000000106. The molecule has 0 bridgehead atoms. The van der Waals surface area contributed by atoms with Gasteiger partial charge >= 0.3 is 0 Å². The topological polar surface area (TPSA) is 0 Å². The normalized spacial score (nSPS) is 11.7. The lowest BCUT2D eigenvalue weighted by molar-refractivity contribution is 1.63. The zero-order valence-electron chi connectivity index (χ0n) is 71.3. The minimum Gasteiger partial charge on any atom is -0.0622 e. The molecule has 0 aliphatic rings. The van der Waals surface area contributed by atoms with Gasteiger partial charge in [-0.15, -0.1) is 0 Å². The van der Waals surface area contributed by atoms with Crippen molar-refractivity contribution in [1.82, 2.24) is 0 Å². The maximum absolute atomic E-state index is 2.43. The summed E-state index contributed by atoms with van der Waals surface area (Å²) >= 11 is 0. The van der Waals surface area contributed by atoms with Crippen LogP contribution < -0.4 is 0 Å². The van der Waals surface area contributed by atoms with E-state index in [1.54, 1.807) is 0 Å². The Morgan fingerprint density at radius 1 is 0.0846 bits per heavy atom. The summed E-state index contributed by atoms with van der Waals surface area (Å²) in [6, 6.07) is 182. The van der Waals surface area contributed by atoms with Crippen LogP contribution in [0.3, 0.4) is 0 Å². The molecular formula is C130H82. The summed E-state index contributed by atoms with van der Waals surface area (Å²) in [5, 5.41) is 38.8. The highest BCUT2D eigenvalue weighted by atomic mass is 14.3. The number of hydrogen-bond donors (Lipinski definition) is 0. The SMILES string of the molecule is c1ccc(-c2c3ccccc3c(-c3ccc(-c4cc5c6ccccc6c6ccccc6c5c5ccccc45)cc3)c3ccccc23)cc1.c1ccc(-c2c3ccccc3c(-c3cccc(-c4ccc5ccc6cccc7ccc4c5c67)c3)c3ccccc23)cc1.c1ccc(-c2ccc3cc(-c4c5ccccc5c(-c5ccccc5)c5ccccc45)c4ccccc4c3c2)cc1. The van der Waals surface area contributed by atoms with E-state index in [0.717, 1.165) is 0 Å². The van der Waals surface area contributed by atoms with Crippen molar-refractivity contribution in [2.24, 2.45) is 0 Å². The minimum absolute atomic E-state index is 1.23. The largest absolute Gasteiger partial charge is 0.0622 e. The van der Waals surface area contributed by atoms with Crippen molar-refractivity contribution in [1.29, 1.82) is 0 Å². The second kappa shape index (κ2) is 31.6. The maximum Gasteiger partial charge on any atom is -0.00199 e. The molecule has 0 heterocycles. The van der Waals surface area contributed by atoms with Crippen LogP contribution in [0, 0.1) is 0 Å². The van der Waals surface area contributed by atoms with Crippen LogP contribution in [0.2, 0.25) is 0 Å². The summed E-state index contributed by atoms with van der Waals surface area (Å²) < 4.78 is 0. The van der Waals surface area contributed by atoms with E-state index in [1.807, 2.05) is 0 Å². The standard InChI is InChI=1S/C48H30.C42H26.C40H26/c1-2-14-32(15-3-1)46-40-22-10-12-24-42(40)47(43-25-13-11-23-41(43)46)33-28-26-31(27-29-33)44-30-45-36-18-5-4-16-34(36)35-17-6-8-20-38(35)48(45)39-21-9-7-19-37(39)44;1-2-10-27(11-3-1)40-34-16-4-6-18-36(34)41(37-19-7-5-17-35(37)40)32-15-9-14-31(26-32)33-24-22-30-21-20-28-12-8-13-29-23-25-38(33)42(30)39(28)29;1-3-13-27(14-4-1)29-23-24-30-26-38(32-18-8-7-17-31(32)37(30)25-29)40-35-21-11-9-19-33(35)39(28-15-5-2-6-16-28)34-20-10-12-22-36(34)40/h1-30H;1-26H;1-26H. The van der Waals surface area contributed by atoms with E-state index < -0.39 is 0 Å². The molecule has 0 aromatic heterocycles. The fraction of sp³-hybridized carbons (Fsp3) is 0. The summed E-state index contributed by atoms with van der Waals surface area (Å²) in [5.41, 5.74) is 22.8. The van der Waals surface area contributed by atoms with Crippen molar-refractivity contribution in [3.63, 3.8) is 0 Å². The Bertz CT molecular complexity index is 9000. The number of fused-ring (bicyclic) bond motifs is 17. The molecule has 0 amide bonds. The van der Waals surface area contributed by atoms with Crippen LogP contribution in [-0.2, 0) is 0 Å². The van der Waals surface area contributed by atoms with Gasteiger partial charge in [-0.25, -0.2) is 0 Å². The Kier molecular flexibility index (Phi) is 18.4. The van der Waals surface area contributed by atoms with Gasteiger partial charge in [-0.05, 0) is 286 Å².